The van der Waals surface area contributed by atoms with E-state index in [0.29, 0.717) is 16.2 Å². The van der Waals surface area contributed by atoms with Crippen molar-refractivity contribution < 1.29 is 4.42 Å². The third kappa shape index (κ3) is 2.99. The molecule has 1 saturated heterocycles. The number of rotatable bonds is 2. The van der Waals surface area contributed by atoms with Crippen LogP contribution in [0, 0.1) is 0 Å². The fraction of sp³-hybridized carbons (Fsp3) is 0.286. The molecule has 0 amide bonds. The summed E-state index contributed by atoms with van der Waals surface area (Å²) in [6, 6.07) is 7.93. The van der Waals surface area contributed by atoms with Gasteiger partial charge in [-0.25, -0.2) is 4.79 Å². The third-order valence-electron chi connectivity index (χ3n) is 5.52. The number of fused-ring (bicyclic) bond motifs is 2. The van der Waals surface area contributed by atoms with Crippen molar-refractivity contribution in [1.29, 1.82) is 0 Å². The summed E-state index contributed by atoms with van der Waals surface area (Å²) in [6.07, 6.45) is 7.42. The molecule has 3 aliphatic heterocycles. The van der Waals surface area contributed by atoms with Crippen molar-refractivity contribution in [2.75, 3.05) is 38.1 Å². The highest BCUT2D eigenvalue weighted by atomic mass is 35.5. The van der Waals surface area contributed by atoms with E-state index in [0.717, 1.165) is 42.9 Å². The van der Waals surface area contributed by atoms with Gasteiger partial charge in [-0.3, -0.25) is 0 Å². The van der Waals surface area contributed by atoms with Crippen LogP contribution in [0.3, 0.4) is 0 Å². The molecule has 1 aromatic carbocycles. The monoisotopic (exact) mass is 396 g/mol. The van der Waals surface area contributed by atoms with Gasteiger partial charge >= 0.3 is 5.63 Å². The first-order valence-electron chi connectivity index (χ1n) is 9.40. The van der Waals surface area contributed by atoms with Crippen LogP contribution < -0.4 is 15.8 Å². The van der Waals surface area contributed by atoms with E-state index in [9.17, 15) is 4.79 Å². The number of hydrogen-bond acceptors (Lipinski definition) is 6. The summed E-state index contributed by atoms with van der Waals surface area (Å²) in [6.45, 7) is 3.96. The molecule has 1 atom stereocenters. The number of likely N-dealkylation sites (N-methyl/N-ethyl adjacent to an activating group) is 1. The van der Waals surface area contributed by atoms with Gasteiger partial charge in [0.1, 0.15) is 6.17 Å². The van der Waals surface area contributed by atoms with Gasteiger partial charge in [0.05, 0.1) is 16.1 Å². The Balaban J connectivity index is 1.47. The molecular weight excluding hydrogens is 376 g/mol. The number of piperazine rings is 1. The zero-order chi connectivity index (χ0) is 19.3. The van der Waals surface area contributed by atoms with Crippen molar-refractivity contribution in [2.24, 2.45) is 0 Å². The Hall–Kier alpha value is -2.70. The van der Waals surface area contributed by atoms with Crippen LogP contribution in [-0.4, -0.2) is 49.2 Å². The Morgan fingerprint density at radius 3 is 2.79 bits per heavy atom. The average molecular weight is 397 g/mol. The third-order valence-corrected chi connectivity index (χ3v) is 5.86. The summed E-state index contributed by atoms with van der Waals surface area (Å²) < 4.78 is 5.65. The molecule has 28 heavy (non-hydrogen) atoms. The molecule has 4 heterocycles. The van der Waals surface area contributed by atoms with Gasteiger partial charge in [-0.1, -0.05) is 17.7 Å². The minimum Gasteiger partial charge on any atom is -0.421 e. The first kappa shape index (κ1) is 17.4. The molecule has 2 aromatic rings. The van der Waals surface area contributed by atoms with E-state index in [1.54, 1.807) is 0 Å². The highest BCUT2D eigenvalue weighted by Gasteiger charge is 2.28. The van der Waals surface area contributed by atoms with Crippen LogP contribution in [-0.2, 0) is 0 Å². The van der Waals surface area contributed by atoms with Gasteiger partial charge in [-0.15, -0.1) is 0 Å². The van der Waals surface area contributed by atoms with Gasteiger partial charge in [0.15, 0.2) is 5.76 Å². The summed E-state index contributed by atoms with van der Waals surface area (Å²) in [5.41, 5.74) is 1.48. The molecule has 0 radical (unpaired) electrons. The maximum Gasteiger partial charge on any atom is 0.344 e. The van der Waals surface area contributed by atoms with Crippen LogP contribution in [0.5, 0.6) is 0 Å². The smallest absolute Gasteiger partial charge is 0.344 e. The van der Waals surface area contributed by atoms with Crippen LogP contribution in [0.4, 0.5) is 5.69 Å². The molecule has 1 fully saturated rings. The lowest BCUT2D eigenvalue weighted by molar-refractivity contribution is 0.313. The predicted octanol–water partition coefficient (Wildman–Crippen LogP) is 2.72. The quantitative estimate of drug-likeness (QED) is 0.842. The maximum atomic E-state index is 12.7. The van der Waals surface area contributed by atoms with Crippen molar-refractivity contribution in [2.45, 2.75) is 6.17 Å². The van der Waals surface area contributed by atoms with Crippen LogP contribution in [0.2, 0.25) is 0 Å². The zero-order valence-electron chi connectivity index (χ0n) is 15.6. The molecule has 7 heteroatoms. The second kappa shape index (κ2) is 6.72. The summed E-state index contributed by atoms with van der Waals surface area (Å²) in [5, 5.41) is 5.47. The van der Waals surface area contributed by atoms with Gasteiger partial charge < -0.3 is 24.4 Å². The van der Waals surface area contributed by atoms with Crippen LogP contribution >= 0.6 is 11.6 Å². The first-order valence-corrected chi connectivity index (χ1v) is 9.78. The van der Waals surface area contributed by atoms with Gasteiger partial charge in [-0.2, -0.15) is 0 Å². The number of benzene rings is 1. The lowest BCUT2D eigenvalue weighted by atomic mass is 10.1. The van der Waals surface area contributed by atoms with Crippen molar-refractivity contribution in [3.8, 4) is 0 Å². The van der Waals surface area contributed by atoms with Gasteiger partial charge in [0.2, 0.25) is 0 Å². The second-order valence-corrected chi connectivity index (χ2v) is 7.83. The number of nitrogens with one attached hydrogen (secondary N) is 1. The van der Waals surface area contributed by atoms with Gasteiger partial charge in [-0.05, 0) is 42.8 Å². The maximum absolute atomic E-state index is 12.7. The molecule has 0 bridgehead atoms. The normalized spacial score (nSPS) is 22.1. The molecule has 1 aromatic heterocycles. The Morgan fingerprint density at radius 1 is 1.18 bits per heavy atom. The van der Waals surface area contributed by atoms with Gasteiger partial charge in [0.25, 0.3) is 0 Å². The van der Waals surface area contributed by atoms with Crippen LogP contribution in [0.15, 0.2) is 63.1 Å². The summed E-state index contributed by atoms with van der Waals surface area (Å²) in [5.74, 6) is 0.511. The lowest BCUT2D eigenvalue weighted by Gasteiger charge is -2.34. The number of halogens is 1. The standard InChI is InChI=1S/C21H21ClN4O2/c1-24-7-9-25(10-8-24)15-5-4-14-11-19(28-21(27)16(14)12-15)18-13-26-6-2-3-17(22)20(26)23-18/h2-6,11-13,20,23H,7-10H2,1H3. The lowest BCUT2D eigenvalue weighted by Crippen LogP contribution is -2.44. The fourth-order valence-corrected chi connectivity index (χ4v) is 4.09. The Labute approximate surface area is 168 Å². The predicted molar refractivity (Wildman–Crippen MR) is 112 cm³/mol. The Kier molecular flexibility index (Phi) is 4.18. The zero-order valence-corrected chi connectivity index (χ0v) is 16.3. The number of allylic oxidation sites excluding steroid dienone is 2. The Morgan fingerprint density at radius 2 is 2.00 bits per heavy atom. The van der Waals surface area contributed by atoms with Crippen LogP contribution in [0.25, 0.3) is 16.5 Å². The molecule has 1 unspecified atom stereocenters. The largest absolute Gasteiger partial charge is 0.421 e. The van der Waals surface area contributed by atoms with Crippen molar-refractivity contribution >= 4 is 33.8 Å². The number of hydrogen-bond donors (Lipinski definition) is 1. The molecule has 1 N–H and O–H groups in total. The molecular formula is C21H21ClN4O2. The minimum atomic E-state index is -0.326. The Bertz CT molecular complexity index is 1080. The fourth-order valence-electron chi connectivity index (χ4n) is 3.85. The van der Waals surface area contributed by atoms with Crippen molar-refractivity contribution in [3.05, 3.63) is 70.0 Å². The van der Waals surface area contributed by atoms with Crippen molar-refractivity contribution in [3.63, 3.8) is 0 Å². The summed E-state index contributed by atoms with van der Waals surface area (Å²) >= 11 is 6.27. The molecule has 3 aliphatic rings. The molecule has 144 valence electrons. The highest BCUT2D eigenvalue weighted by molar-refractivity contribution is 6.30. The minimum absolute atomic E-state index is 0.151. The molecule has 5 rings (SSSR count). The first-order chi connectivity index (χ1) is 13.6. The topological polar surface area (TPSA) is 52.0 Å². The van der Waals surface area contributed by atoms with Gasteiger partial charge in [0, 0.05) is 44.3 Å². The van der Waals surface area contributed by atoms with Crippen molar-refractivity contribution in [1.82, 2.24) is 15.1 Å². The van der Waals surface area contributed by atoms with Crippen LogP contribution in [0.1, 0.15) is 5.76 Å². The van der Waals surface area contributed by atoms with E-state index < -0.39 is 0 Å². The SMILES string of the molecule is CN1CCN(c2ccc3cc(C4=CN5C=CC=C(Cl)C5N4)oc(=O)c3c2)CC1. The van der Waals surface area contributed by atoms with E-state index in [1.807, 2.05) is 47.7 Å². The summed E-state index contributed by atoms with van der Waals surface area (Å²) in [4.78, 5) is 19.3. The molecule has 6 nitrogen and oxygen atoms in total. The molecule has 0 saturated carbocycles. The van der Waals surface area contributed by atoms with E-state index in [-0.39, 0.29) is 11.8 Å². The second-order valence-electron chi connectivity index (χ2n) is 7.39. The van der Waals surface area contributed by atoms with E-state index in [1.165, 1.54) is 0 Å². The molecule has 0 spiro atoms. The number of nitrogens with zero attached hydrogens (tertiary/aromatic N) is 3. The average Bonchev–Trinajstić information content (AvgIpc) is 3.14. The number of anilines is 1. The van der Waals surface area contributed by atoms with E-state index in [4.69, 9.17) is 16.0 Å². The summed E-state index contributed by atoms with van der Waals surface area (Å²) in [7, 11) is 2.13. The van der Waals surface area contributed by atoms with E-state index in [2.05, 4.69) is 28.2 Å². The van der Waals surface area contributed by atoms with E-state index >= 15 is 0 Å². The highest BCUT2D eigenvalue weighted by Crippen LogP contribution is 2.30. The molecule has 0 aliphatic carbocycles.